The van der Waals surface area contributed by atoms with Crippen LogP contribution >= 0.6 is 15.9 Å². The van der Waals surface area contributed by atoms with Gasteiger partial charge < -0.3 is 19.7 Å². The van der Waals surface area contributed by atoms with Crippen LogP contribution in [0.4, 0.5) is 0 Å². The van der Waals surface area contributed by atoms with E-state index in [9.17, 15) is 14.4 Å². The third kappa shape index (κ3) is 4.74. The molecule has 0 atom stereocenters. The van der Waals surface area contributed by atoms with Crippen LogP contribution in [-0.2, 0) is 9.59 Å². The Morgan fingerprint density at radius 3 is 2.58 bits per heavy atom. The second kappa shape index (κ2) is 6.93. The van der Waals surface area contributed by atoms with Gasteiger partial charge in [0.2, 0.25) is 5.91 Å². The minimum atomic E-state index is -1.10. The highest BCUT2D eigenvalue weighted by molar-refractivity contribution is 9.10. The standard InChI is InChI=1S/C11H13BrN2O5/c1-2-14(6-10(16)17)9(15)5-13-11(18)7-3-4-8(12)19-7/h3-4H,2,5-6H2,1H3,(H,13,18)(H,16,17). The van der Waals surface area contributed by atoms with Crippen LogP contribution in [-0.4, -0.2) is 47.4 Å². The van der Waals surface area contributed by atoms with Gasteiger partial charge in [-0.2, -0.15) is 0 Å². The van der Waals surface area contributed by atoms with Crippen LogP contribution in [0.1, 0.15) is 17.5 Å². The van der Waals surface area contributed by atoms with Crippen molar-refractivity contribution in [1.82, 2.24) is 10.2 Å². The van der Waals surface area contributed by atoms with E-state index >= 15 is 0 Å². The Morgan fingerprint density at radius 1 is 1.42 bits per heavy atom. The number of carboxylic acid groups (broad SMARTS) is 1. The maximum Gasteiger partial charge on any atom is 0.323 e. The van der Waals surface area contributed by atoms with Crippen LogP contribution in [0, 0.1) is 0 Å². The SMILES string of the molecule is CCN(CC(=O)O)C(=O)CNC(=O)c1ccc(Br)o1. The van der Waals surface area contributed by atoms with Gasteiger partial charge in [0.05, 0.1) is 6.54 Å². The number of hydrogen-bond acceptors (Lipinski definition) is 4. The summed E-state index contributed by atoms with van der Waals surface area (Å²) < 4.78 is 5.42. The maximum atomic E-state index is 11.7. The highest BCUT2D eigenvalue weighted by Crippen LogP contribution is 2.13. The maximum absolute atomic E-state index is 11.7. The molecule has 2 N–H and O–H groups in total. The molecular weight excluding hydrogens is 320 g/mol. The lowest BCUT2D eigenvalue weighted by atomic mass is 10.4. The molecule has 19 heavy (non-hydrogen) atoms. The van der Waals surface area contributed by atoms with Gasteiger partial charge in [-0.3, -0.25) is 14.4 Å². The van der Waals surface area contributed by atoms with Crippen LogP contribution in [0.3, 0.4) is 0 Å². The summed E-state index contributed by atoms with van der Waals surface area (Å²) >= 11 is 3.05. The quantitative estimate of drug-likeness (QED) is 0.798. The molecule has 1 aromatic rings. The minimum Gasteiger partial charge on any atom is -0.480 e. The van der Waals surface area contributed by atoms with E-state index in [0.29, 0.717) is 4.67 Å². The summed E-state index contributed by atoms with van der Waals surface area (Å²) in [6.07, 6.45) is 0. The molecule has 0 bridgehead atoms. The molecule has 1 aromatic heterocycles. The molecule has 0 unspecified atom stereocenters. The smallest absolute Gasteiger partial charge is 0.323 e. The Morgan fingerprint density at radius 2 is 2.11 bits per heavy atom. The largest absolute Gasteiger partial charge is 0.480 e. The lowest BCUT2D eigenvalue weighted by Gasteiger charge is -2.18. The molecule has 7 nitrogen and oxygen atoms in total. The van der Waals surface area contributed by atoms with Gasteiger partial charge in [0.1, 0.15) is 6.54 Å². The normalized spacial score (nSPS) is 10.0. The molecule has 8 heteroatoms. The van der Waals surface area contributed by atoms with Gasteiger partial charge in [-0.25, -0.2) is 0 Å². The summed E-state index contributed by atoms with van der Waals surface area (Å²) in [5, 5.41) is 11.0. The lowest BCUT2D eigenvalue weighted by Crippen LogP contribution is -2.42. The average Bonchev–Trinajstić information content (AvgIpc) is 2.79. The third-order valence-corrected chi connectivity index (χ3v) is 2.68. The van der Waals surface area contributed by atoms with Gasteiger partial charge in [-0.1, -0.05) is 0 Å². The Kier molecular flexibility index (Phi) is 5.56. The van der Waals surface area contributed by atoms with Gasteiger partial charge in [-0.15, -0.1) is 0 Å². The van der Waals surface area contributed by atoms with Crippen LogP contribution in [0.25, 0.3) is 0 Å². The fourth-order valence-electron chi connectivity index (χ4n) is 1.33. The topological polar surface area (TPSA) is 99.9 Å². The predicted octanol–water partition coefficient (Wildman–Crippen LogP) is 0.705. The van der Waals surface area contributed by atoms with E-state index < -0.39 is 24.3 Å². The van der Waals surface area contributed by atoms with Gasteiger partial charge in [-0.05, 0) is 35.0 Å². The van der Waals surface area contributed by atoms with E-state index in [2.05, 4.69) is 21.2 Å². The van der Waals surface area contributed by atoms with Crippen LogP contribution < -0.4 is 5.32 Å². The van der Waals surface area contributed by atoms with Crippen LogP contribution in [0.15, 0.2) is 21.2 Å². The lowest BCUT2D eigenvalue weighted by molar-refractivity contribution is -0.143. The van der Waals surface area contributed by atoms with E-state index in [0.717, 1.165) is 4.90 Å². The minimum absolute atomic E-state index is 0.0703. The molecule has 104 valence electrons. The molecule has 0 radical (unpaired) electrons. The number of rotatable bonds is 6. The fraction of sp³-hybridized carbons (Fsp3) is 0.364. The zero-order valence-electron chi connectivity index (χ0n) is 10.2. The van der Waals surface area contributed by atoms with Crippen molar-refractivity contribution in [3.8, 4) is 0 Å². The van der Waals surface area contributed by atoms with E-state index in [1.807, 2.05) is 0 Å². The predicted molar refractivity (Wildman–Crippen MR) is 68.6 cm³/mol. The van der Waals surface area contributed by atoms with Crippen LogP contribution in [0.2, 0.25) is 0 Å². The van der Waals surface area contributed by atoms with Gasteiger partial charge in [0.25, 0.3) is 5.91 Å². The summed E-state index contributed by atoms with van der Waals surface area (Å²) in [7, 11) is 0. The number of nitrogens with one attached hydrogen (secondary N) is 1. The zero-order valence-corrected chi connectivity index (χ0v) is 11.8. The van der Waals surface area contributed by atoms with E-state index in [4.69, 9.17) is 9.52 Å². The number of carboxylic acids is 1. The number of halogens is 1. The summed E-state index contributed by atoms with van der Waals surface area (Å²) in [4.78, 5) is 34.9. The summed E-state index contributed by atoms with van der Waals surface area (Å²) in [6.45, 7) is 1.25. The summed E-state index contributed by atoms with van der Waals surface area (Å²) in [6, 6.07) is 3.01. The Hall–Kier alpha value is -1.83. The molecule has 0 spiro atoms. The number of hydrogen-bond donors (Lipinski definition) is 2. The van der Waals surface area contributed by atoms with Gasteiger partial charge in [0.15, 0.2) is 10.4 Å². The zero-order chi connectivity index (χ0) is 14.4. The van der Waals surface area contributed by atoms with Crippen LogP contribution in [0.5, 0.6) is 0 Å². The molecular formula is C11H13BrN2O5. The number of likely N-dealkylation sites (N-methyl/N-ethyl adjacent to an activating group) is 1. The first kappa shape index (κ1) is 15.2. The number of nitrogens with zero attached hydrogens (tertiary/aromatic N) is 1. The number of amides is 2. The molecule has 1 rings (SSSR count). The highest BCUT2D eigenvalue weighted by Gasteiger charge is 2.17. The van der Waals surface area contributed by atoms with Crippen molar-refractivity contribution < 1.29 is 23.9 Å². The molecule has 1 heterocycles. The summed E-state index contributed by atoms with van der Waals surface area (Å²) in [5.74, 6) is -2.04. The Balaban J connectivity index is 2.49. The second-order valence-electron chi connectivity index (χ2n) is 3.59. The number of aliphatic carboxylic acids is 1. The highest BCUT2D eigenvalue weighted by atomic mass is 79.9. The fourth-order valence-corrected chi connectivity index (χ4v) is 1.64. The number of carbonyl (C=O) groups is 3. The van der Waals surface area contributed by atoms with E-state index in [-0.39, 0.29) is 18.8 Å². The van der Waals surface area contributed by atoms with Crippen molar-refractivity contribution in [3.05, 3.63) is 22.6 Å². The molecule has 0 fully saturated rings. The van der Waals surface area contributed by atoms with Crippen molar-refractivity contribution in [2.45, 2.75) is 6.92 Å². The molecule has 0 saturated carbocycles. The van der Waals surface area contributed by atoms with Crippen molar-refractivity contribution in [2.24, 2.45) is 0 Å². The molecule has 0 aliphatic carbocycles. The molecule has 0 aliphatic rings. The Labute approximate surface area is 117 Å². The molecule has 0 aromatic carbocycles. The van der Waals surface area contributed by atoms with Crippen molar-refractivity contribution in [1.29, 1.82) is 0 Å². The first-order valence-corrected chi connectivity index (χ1v) is 6.26. The second-order valence-corrected chi connectivity index (χ2v) is 4.37. The average molecular weight is 333 g/mol. The summed E-state index contributed by atoms with van der Waals surface area (Å²) in [5.41, 5.74) is 0. The van der Waals surface area contributed by atoms with Crippen molar-refractivity contribution in [2.75, 3.05) is 19.6 Å². The van der Waals surface area contributed by atoms with Crippen molar-refractivity contribution >= 4 is 33.7 Å². The van der Waals surface area contributed by atoms with Gasteiger partial charge in [0, 0.05) is 6.54 Å². The van der Waals surface area contributed by atoms with E-state index in [1.165, 1.54) is 6.07 Å². The number of carbonyl (C=O) groups excluding carboxylic acids is 2. The number of furan rings is 1. The Bertz CT molecular complexity index is 485. The molecule has 2 amide bonds. The first-order chi connectivity index (χ1) is 8.93. The molecule has 0 aliphatic heterocycles. The monoisotopic (exact) mass is 332 g/mol. The third-order valence-electron chi connectivity index (χ3n) is 2.26. The van der Waals surface area contributed by atoms with Crippen molar-refractivity contribution in [3.63, 3.8) is 0 Å². The molecule has 0 saturated heterocycles. The van der Waals surface area contributed by atoms with E-state index in [1.54, 1.807) is 13.0 Å². The van der Waals surface area contributed by atoms with Gasteiger partial charge >= 0.3 is 5.97 Å². The first-order valence-electron chi connectivity index (χ1n) is 5.47.